The maximum absolute atomic E-state index is 12.7. The van der Waals surface area contributed by atoms with Crippen molar-refractivity contribution in [3.63, 3.8) is 0 Å². The summed E-state index contributed by atoms with van der Waals surface area (Å²) in [4.78, 5) is 13.8. The summed E-state index contributed by atoms with van der Waals surface area (Å²) in [5.41, 5.74) is 1.22. The van der Waals surface area contributed by atoms with Gasteiger partial charge in [-0.05, 0) is 43.3 Å². The third-order valence-corrected chi connectivity index (χ3v) is 6.89. The fraction of sp³-hybridized carbons (Fsp3) is 0.235. The predicted octanol–water partition coefficient (Wildman–Crippen LogP) is 3.22. The highest BCUT2D eigenvalue weighted by Crippen LogP contribution is 2.36. The van der Waals surface area contributed by atoms with Gasteiger partial charge in [0.1, 0.15) is 0 Å². The van der Waals surface area contributed by atoms with Crippen molar-refractivity contribution in [2.75, 3.05) is 12.8 Å². The number of amides is 1. The van der Waals surface area contributed by atoms with Crippen LogP contribution in [0.2, 0.25) is 5.02 Å². The number of halogens is 1. The second-order valence-corrected chi connectivity index (χ2v) is 8.98. The van der Waals surface area contributed by atoms with Crippen molar-refractivity contribution in [1.82, 2.24) is 10.0 Å². The molecule has 25 heavy (non-hydrogen) atoms. The van der Waals surface area contributed by atoms with Gasteiger partial charge in [-0.15, -0.1) is 11.8 Å². The molecule has 1 aliphatic rings. The monoisotopic (exact) mass is 396 g/mol. The highest BCUT2D eigenvalue weighted by molar-refractivity contribution is 7.99. The highest BCUT2D eigenvalue weighted by Gasteiger charge is 2.24. The number of carbonyl (C=O) groups is 1. The molecule has 1 amide bonds. The van der Waals surface area contributed by atoms with Crippen molar-refractivity contribution in [3.8, 4) is 0 Å². The number of benzene rings is 2. The fourth-order valence-corrected chi connectivity index (χ4v) is 4.78. The van der Waals surface area contributed by atoms with Crippen molar-refractivity contribution in [2.45, 2.75) is 22.3 Å². The first kappa shape index (κ1) is 18.3. The molecule has 0 aromatic heterocycles. The summed E-state index contributed by atoms with van der Waals surface area (Å²) in [6.07, 6.45) is 0.805. The van der Waals surface area contributed by atoms with Gasteiger partial charge in [0.25, 0.3) is 5.91 Å². The minimum atomic E-state index is -3.64. The van der Waals surface area contributed by atoms with E-state index in [4.69, 9.17) is 11.6 Å². The second kappa shape index (κ2) is 7.37. The summed E-state index contributed by atoms with van der Waals surface area (Å²) in [6, 6.07) is 11.9. The average Bonchev–Trinajstić information content (AvgIpc) is 2.62. The van der Waals surface area contributed by atoms with Gasteiger partial charge in [0, 0.05) is 10.6 Å². The highest BCUT2D eigenvalue weighted by atomic mass is 35.5. The van der Waals surface area contributed by atoms with E-state index in [1.54, 1.807) is 11.8 Å². The van der Waals surface area contributed by atoms with Gasteiger partial charge in [0.15, 0.2) is 0 Å². The fourth-order valence-electron chi connectivity index (χ4n) is 2.69. The van der Waals surface area contributed by atoms with Crippen molar-refractivity contribution < 1.29 is 13.2 Å². The van der Waals surface area contributed by atoms with E-state index >= 15 is 0 Å². The minimum Gasteiger partial charge on any atom is -0.345 e. The summed E-state index contributed by atoms with van der Waals surface area (Å²) in [5.74, 6) is 0.522. The van der Waals surface area contributed by atoms with Gasteiger partial charge in [-0.1, -0.05) is 29.8 Å². The number of hydrogen-bond donors (Lipinski definition) is 2. The van der Waals surface area contributed by atoms with Gasteiger partial charge in [-0.2, -0.15) is 0 Å². The van der Waals surface area contributed by atoms with Crippen LogP contribution < -0.4 is 10.0 Å². The molecule has 1 heterocycles. The Bertz CT molecular complexity index is 916. The van der Waals surface area contributed by atoms with Crippen LogP contribution in [0, 0.1) is 0 Å². The SMILES string of the molecule is CNS(=O)(=O)c1ccc(Cl)c(C(=O)NC2CCSc3ccccc32)c1. The number of fused-ring (bicyclic) bond motifs is 1. The predicted molar refractivity (Wildman–Crippen MR) is 99.7 cm³/mol. The van der Waals surface area contributed by atoms with Crippen molar-refractivity contribution in [2.24, 2.45) is 0 Å². The summed E-state index contributed by atoms with van der Waals surface area (Å²) < 4.78 is 26.1. The number of nitrogens with one attached hydrogen (secondary N) is 2. The summed E-state index contributed by atoms with van der Waals surface area (Å²) in [6.45, 7) is 0. The van der Waals surface area contributed by atoms with Crippen LogP contribution in [0.15, 0.2) is 52.3 Å². The smallest absolute Gasteiger partial charge is 0.253 e. The number of rotatable bonds is 4. The van der Waals surface area contributed by atoms with Crippen LogP contribution in [0.25, 0.3) is 0 Å². The molecular formula is C17H17ClN2O3S2. The first-order valence-corrected chi connectivity index (χ1v) is 10.5. The zero-order valence-corrected chi connectivity index (χ0v) is 15.8. The molecule has 8 heteroatoms. The Morgan fingerprint density at radius 3 is 2.76 bits per heavy atom. The average molecular weight is 397 g/mol. The largest absolute Gasteiger partial charge is 0.345 e. The van der Waals surface area contributed by atoms with Gasteiger partial charge >= 0.3 is 0 Å². The molecule has 0 saturated carbocycles. The Hall–Kier alpha value is -1.54. The topological polar surface area (TPSA) is 75.3 Å². The molecule has 0 fully saturated rings. The maximum atomic E-state index is 12.7. The quantitative estimate of drug-likeness (QED) is 0.832. The van der Waals surface area contributed by atoms with Gasteiger partial charge in [0.2, 0.25) is 10.0 Å². The zero-order chi connectivity index (χ0) is 18.0. The molecule has 1 unspecified atom stereocenters. The Morgan fingerprint density at radius 2 is 2.00 bits per heavy atom. The number of carbonyl (C=O) groups excluding carboxylic acids is 1. The third kappa shape index (κ3) is 3.84. The van der Waals surface area contributed by atoms with E-state index in [0.29, 0.717) is 0 Å². The van der Waals surface area contributed by atoms with Crippen LogP contribution in [0.4, 0.5) is 0 Å². The first-order chi connectivity index (χ1) is 11.9. The molecule has 3 rings (SSSR count). The van der Waals surface area contributed by atoms with E-state index in [2.05, 4.69) is 10.0 Å². The third-order valence-electron chi connectivity index (χ3n) is 4.03. The molecule has 0 radical (unpaired) electrons. The lowest BCUT2D eigenvalue weighted by atomic mass is 10.0. The Morgan fingerprint density at radius 1 is 1.24 bits per heavy atom. The van der Waals surface area contributed by atoms with E-state index in [9.17, 15) is 13.2 Å². The summed E-state index contributed by atoms with van der Waals surface area (Å²) in [7, 11) is -2.32. The lowest BCUT2D eigenvalue weighted by molar-refractivity contribution is 0.0935. The van der Waals surface area contributed by atoms with E-state index in [1.165, 1.54) is 25.2 Å². The van der Waals surface area contributed by atoms with Crippen molar-refractivity contribution >= 4 is 39.3 Å². The molecule has 2 aromatic rings. The van der Waals surface area contributed by atoms with Gasteiger partial charge in [-0.3, -0.25) is 4.79 Å². The molecule has 1 aliphatic heterocycles. The molecule has 0 bridgehead atoms. The number of sulfonamides is 1. The van der Waals surface area contributed by atoms with E-state index in [1.807, 2.05) is 24.3 Å². The first-order valence-electron chi connectivity index (χ1n) is 7.68. The summed E-state index contributed by atoms with van der Waals surface area (Å²) >= 11 is 7.88. The number of hydrogen-bond acceptors (Lipinski definition) is 4. The molecule has 5 nitrogen and oxygen atoms in total. The van der Waals surface area contributed by atoms with Crippen LogP contribution in [0.1, 0.15) is 28.4 Å². The van der Waals surface area contributed by atoms with Gasteiger partial charge in [-0.25, -0.2) is 13.1 Å². The summed E-state index contributed by atoms with van der Waals surface area (Å²) in [5, 5.41) is 3.19. The molecule has 2 aromatic carbocycles. The van der Waals surface area contributed by atoms with E-state index in [-0.39, 0.29) is 27.4 Å². The lowest BCUT2D eigenvalue weighted by Crippen LogP contribution is -2.31. The standard InChI is InChI=1S/C17H17ClN2O3S2/c1-19-25(22,23)11-6-7-14(18)13(10-11)17(21)20-15-8-9-24-16-5-3-2-4-12(15)16/h2-7,10,15,19H,8-9H2,1H3,(H,20,21). The molecule has 0 saturated heterocycles. The Kier molecular flexibility index (Phi) is 5.38. The van der Waals surface area contributed by atoms with Crippen LogP contribution in [-0.2, 0) is 10.0 Å². The van der Waals surface area contributed by atoms with Crippen LogP contribution in [0.5, 0.6) is 0 Å². The second-order valence-electron chi connectivity index (χ2n) is 5.55. The molecular weight excluding hydrogens is 380 g/mol. The van der Waals surface area contributed by atoms with Crippen LogP contribution >= 0.6 is 23.4 Å². The molecule has 0 spiro atoms. The van der Waals surface area contributed by atoms with Crippen LogP contribution in [0.3, 0.4) is 0 Å². The van der Waals surface area contributed by atoms with Crippen molar-refractivity contribution in [3.05, 3.63) is 58.6 Å². The Labute approximate surface area is 156 Å². The van der Waals surface area contributed by atoms with E-state index < -0.39 is 10.0 Å². The minimum absolute atomic E-state index is 0.00384. The van der Waals surface area contributed by atoms with Gasteiger partial charge in [0.05, 0.1) is 21.5 Å². The zero-order valence-electron chi connectivity index (χ0n) is 13.5. The normalized spacial score (nSPS) is 17.0. The van der Waals surface area contributed by atoms with Crippen LogP contribution in [-0.4, -0.2) is 27.1 Å². The number of thioether (sulfide) groups is 1. The molecule has 0 aliphatic carbocycles. The molecule has 1 atom stereocenters. The molecule has 2 N–H and O–H groups in total. The van der Waals surface area contributed by atoms with E-state index in [0.717, 1.165) is 22.6 Å². The van der Waals surface area contributed by atoms with Gasteiger partial charge < -0.3 is 5.32 Å². The maximum Gasteiger partial charge on any atom is 0.253 e. The Balaban J connectivity index is 1.89. The van der Waals surface area contributed by atoms with Crippen molar-refractivity contribution in [1.29, 1.82) is 0 Å². The lowest BCUT2D eigenvalue weighted by Gasteiger charge is -2.26. The molecule has 132 valence electrons.